The molecule has 0 spiro atoms. The minimum Gasteiger partial charge on any atom is -0.478 e. The van der Waals surface area contributed by atoms with Crippen LogP contribution in [0.3, 0.4) is 0 Å². The van der Waals surface area contributed by atoms with E-state index in [1.165, 1.54) is 31.2 Å². The molecule has 3 rings (SSSR count). The van der Waals surface area contributed by atoms with Gasteiger partial charge in [0.15, 0.2) is 6.10 Å². The Kier molecular flexibility index (Phi) is 15.6. The number of hydrogen-bond donors (Lipinski definition) is 10. The number of hydrogen-bond acceptors (Lipinski definition) is 10. The molecule has 0 aliphatic heterocycles. The number of nitrogens with two attached hydrogens (primary N) is 1. The highest BCUT2D eigenvalue weighted by molar-refractivity contribution is 5.98. The van der Waals surface area contributed by atoms with Gasteiger partial charge in [0.05, 0.1) is 11.6 Å². The third-order valence-corrected chi connectivity index (χ3v) is 8.47. The first-order valence-electron chi connectivity index (χ1n) is 17.5. The van der Waals surface area contributed by atoms with E-state index in [0.717, 1.165) is 0 Å². The molecule has 2 aromatic carbocycles. The number of aromatic nitrogens is 2. The second kappa shape index (κ2) is 19.8. The van der Waals surface area contributed by atoms with Gasteiger partial charge in [-0.1, -0.05) is 64.1 Å². The van der Waals surface area contributed by atoms with Crippen molar-refractivity contribution in [1.82, 2.24) is 31.2 Å². The van der Waals surface area contributed by atoms with Gasteiger partial charge in [-0.15, -0.1) is 0 Å². The number of aliphatic hydroxyl groups is 1. The van der Waals surface area contributed by atoms with Crippen molar-refractivity contribution in [2.45, 2.75) is 77.7 Å². The van der Waals surface area contributed by atoms with Crippen LogP contribution >= 0.6 is 0 Å². The number of nitrogens with one attached hydrogen (secondary N) is 7. The highest BCUT2D eigenvalue weighted by Gasteiger charge is 2.34. The number of aliphatic hydroxyl groups excluding tert-OH is 1. The van der Waals surface area contributed by atoms with Gasteiger partial charge < -0.3 is 47.5 Å². The molecule has 0 aliphatic carbocycles. The Bertz CT molecular complexity index is 1980. The summed E-state index contributed by atoms with van der Waals surface area (Å²) in [7, 11) is 0. The van der Waals surface area contributed by atoms with E-state index in [0.29, 0.717) is 5.56 Å². The summed E-state index contributed by atoms with van der Waals surface area (Å²) in [6.07, 6.45) is -1.67. The number of H-pyrrole nitrogens is 2. The smallest absolute Gasteiger partial charge is 0.335 e. The number of rotatable bonds is 18. The van der Waals surface area contributed by atoms with Crippen molar-refractivity contribution in [3.63, 3.8) is 0 Å². The minimum absolute atomic E-state index is 0.00814. The minimum atomic E-state index is -1.82. The first kappa shape index (κ1) is 43.3. The van der Waals surface area contributed by atoms with Crippen LogP contribution in [0.4, 0.5) is 5.69 Å². The van der Waals surface area contributed by atoms with E-state index in [1.807, 2.05) is 18.8 Å². The van der Waals surface area contributed by atoms with Gasteiger partial charge in [-0.25, -0.2) is 9.59 Å². The number of aromatic carboxylic acids is 1. The van der Waals surface area contributed by atoms with Crippen molar-refractivity contribution in [2.75, 3.05) is 11.9 Å². The maximum absolute atomic E-state index is 13.8. The van der Waals surface area contributed by atoms with Gasteiger partial charge in [0, 0.05) is 17.8 Å². The second-order valence-corrected chi connectivity index (χ2v) is 13.8. The summed E-state index contributed by atoms with van der Waals surface area (Å²) in [5, 5.41) is 33.3. The lowest BCUT2D eigenvalue weighted by Gasteiger charge is -2.29. The largest absolute Gasteiger partial charge is 0.478 e. The summed E-state index contributed by atoms with van der Waals surface area (Å²) in [4.78, 5) is 105. The lowest BCUT2D eigenvalue weighted by Crippen LogP contribution is -2.60. The molecule has 0 radical (unpaired) electrons. The molecule has 18 nitrogen and oxygen atoms in total. The second-order valence-electron chi connectivity index (χ2n) is 13.8. The lowest BCUT2D eigenvalue weighted by atomic mass is 9.97. The van der Waals surface area contributed by atoms with Gasteiger partial charge in [-0.2, -0.15) is 0 Å². The SMILES string of the molecule is Cc1c(C(=O)NC[C@H](N)C(=O)N[C@H](C(=O)N[C@@H](CC(C)C)C(=O)N[C@@H](Cc2ccccc2)[C@@H](O)C(=O)Nc2cccc(C(=O)O)c2)C(C)C)[nH]c(=O)[nH]c1=O. The van der Waals surface area contributed by atoms with Crippen molar-refractivity contribution in [3.05, 3.63) is 97.8 Å². The summed E-state index contributed by atoms with van der Waals surface area (Å²) < 4.78 is 0. The number of carboxylic acids is 1. The van der Waals surface area contributed by atoms with Gasteiger partial charge in [0.25, 0.3) is 17.4 Å². The fraction of sp³-hybridized carbons (Fsp3) is 0.405. The quantitative estimate of drug-likeness (QED) is 0.0790. The molecule has 11 N–H and O–H groups in total. The highest BCUT2D eigenvalue weighted by Crippen LogP contribution is 2.15. The predicted molar refractivity (Wildman–Crippen MR) is 201 cm³/mol. The van der Waals surface area contributed by atoms with Crippen LogP contribution in [0, 0.1) is 18.8 Å². The third-order valence-electron chi connectivity index (χ3n) is 8.47. The van der Waals surface area contributed by atoms with Crippen LogP contribution in [0.5, 0.6) is 0 Å². The van der Waals surface area contributed by atoms with Gasteiger partial charge in [0.2, 0.25) is 17.7 Å². The van der Waals surface area contributed by atoms with Crippen LogP contribution in [0.2, 0.25) is 0 Å². The van der Waals surface area contributed by atoms with Crippen molar-refractivity contribution in [1.29, 1.82) is 0 Å². The molecule has 0 saturated carbocycles. The molecule has 0 aliphatic rings. The molecule has 0 unspecified atom stereocenters. The Balaban J connectivity index is 1.75. The van der Waals surface area contributed by atoms with Gasteiger partial charge in [0.1, 0.15) is 23.8 Å². The Hall–Kier alpha value is -6.14. The number of benzene rings is 2. The Morgan fingerprint density at radius 2 is 1.49 bits per heavy atom. The monoisotopic (exact) mass is 764 g/mol. The fourth-order valence-corrected chi connectivity index (χ4v) is 5.44. The molecule has 1 heterocycles. The molecule has 1 aromatic heterocycles. The van der Waals surface area contributed by atoms with E-state index in [4.69, 9.17) is 5.73 Å². The number of carbonyl (C=O) groups excluding carboxylic acids is 5. The van der Waals surface area contributed by atoms with Crippen LogP contribution in [-0.4, -0.2) is 92.5 Å². The summed E-state index contributed by atoms with van der Waals surface area (Å²) in [6, 6.07) is 9.23. The summed E-state index contributed by atoms with van der Waals surface area (Å²) in [5.74, 6) is -5.88. The molecular formula is C37H48N8O10. The Morgan fingerprint density at radius 3 is 2.11 bits per heavy atom. The molecule has 0 fully saturated rings. The van der Waals surface area contributed by atoms with E-state index in [9.17, 15) is 48.6 Å². The molecule has 55 heavy (non-hydrogen) atoms. The van der Waals surface area contributed by atoms with Gasteiger partial charge >= 0.3 is 11.7 Å². The van der Waals surface area contributed by atoms with E-state index < -0.39 is 89.5 Å². The maximum Gasteiger partial charge on any atom is 0.335 e. The molecule has 0 saturated heterocycles. The average Bonchev–Trinajstić information content (AvgIpc) is 3.13. The zero-order valence-electron chi connectivity index (χ0n) is 31.1. The van der Waals surface area contributed by atoms with Crippen molar-refractivity contribution < 1.29 is 39.0 Å². The van der Waals surface area contributed by atoms with Crippen LogP contribution in [0.1, 0.15) is 66.1 Å². The third kappa shape index (κ3) is 12.7. The van der Waals surface area contributed by atoms with Crippen LogP contribution in [0.15, 0.2) is 64.2 Å². The normalized spacial score (nSPS) is 13.8. The molecule has 296 valence electrons. The van der Waals surface area contributed by atoms with Crippen LogP contribution in [0.25, 0.3) is 0 Å². The van der Waals surface area contributed by atoms with E-state index in [1.54, 1.807) is 44.2 Å². The summed E-state index contributed by atoms with van der Waals surface area (Å²) >= 11 is 0. The molecule has 3 aromatic rings. The van der Waals surface area contributed by atoms with Crippen molar-refractivity contribution in [3.8, 4) is 0 Å². The number of amides is 5. The fourth-order valence-electron chi connectivity index (χ4n) is 5.44. The number of carbonyl (C=O) groups is 6. The zero-order valence-corrected chi connectivity index (χ0v) is 31.1. The number of aromatic amines is 2. The Labute approximate surface area is 316 Å². The van der Waals surface area contributed by atoms with Gasteiger partial charge in [-0.3, -0.25) is 33.8 Å². The lowest BCUT2D eigenvalue weighted by molar-refractivity contribution is -0.134. The topological polar surface area (TPSA) is 295 Å². The highest BCUT2D eigenvalue weighted by atomic mass is 16.4. The van der Waals surface area contributed by atoms with Gasteiger partial charge in [-0.05, 0) is 55.4 Å². The molecule has 5 atom stereocenters. The van der Waals surface area contributed by atoms with E-state index >= 15 is 0 Å². The maximum atomic E-state index is 13.8. The predicted octanol–water partition coefficient (Wildman–Crippen LogP) is -0.474. The molecule has 0 bridgehead atoms. The Morgan fingerprint density at radius 1 is 0.818 bits per heavy atom. The number of carboxylic acid groups (broad SMARTS) is 1. The zero-order chi connectivity index (χ0) is 41.0. The first-order chi connectivity index (χ1) is 25.9. The summed E-state index contributed by atoms with van der Waals surface area (Å²) in [5.41, 5.74) is 4.68. The van der Waals surface area contributed by atoms with Crippen LogP contribution in [-0.2, 0) is 25.6 Å². The molecule has 5 amide bonds. The van der Waals surface area contributed by atoms with E-state index in [2.05, 4.69) is 31.6 Å². The van der Waals surface area contributed by atoms with Crippen molar-refractivity contribution in [2.24, 2.45) is 17.6 Å². The number of anilines is 1. The standard InChI is InChI=1S/C37H48N8O10/c1-18(2)14-26(42-34(51)27(19(3)4)43-31(48)24(38)17-39-33(50)28-20(5)30(47)45-37(55)44-28)32(49)41-25(15-21-10-7-6-8-11-21)29(46)35(52)40-23-13-9-12-22(16-23)36(53)54/h6-13,16,18-19,24-27,29,46H,14-15,17,38H2,1-5H3,(H,39,50)(H,40,52)(H,41,49)(H,42,51)(H,43,48)(H,53,54)(H2,44,45,47,55)/t24-,25-,26-,27-,29+/m0/s1. The van der Waals surface area contributed by atoms with Crippen molar-refractivity contribution >= 4 is 41.2 Å². The van der Waals surface area contributed by atoms with E-state index in [-0.39, 0.29) is 41.3 Å². The first-order valence-corrected chi connectivity index (χ1v) is 17.5. The van der Waals surface area contributed by atoms with Crippen LogP contribution < -0.4 is 43.6 Å². The average molecular weight is 765 g/mol. The molecule has 18 heteroatoms. The molecular weight excluding hydrogens is 716 g/mol. The summed E-state index contributed by atoms with van der Waals surface area (Å²) in [6.45, 7) is 7.84.